The largest absolute Gasteiger partial charge is 0.487 e. The number of aliphatic hydroxyl groups excluding tert-OH is 1. The molecule has 1 aliphatic rings. The van der Waals surface area contributed by atoms with Crippen LogP contribution in [0, 0.1) is 0 Å². The molecule has 1 saturated heterocycles. The highest BCUT2D eigenvalue weighted by Gasteiger charge is 2.21. The molecule has 0 aromatic heterocycles. The van der Waals surface area contributed by atoms with E-state index < -0.39 is 0 Å². The standard InChI is InChI=1S/C19H23NO3/c21-12-17-11-10-16(14-22-17)20-18-8-4-5-9-19(18)23-13-15-6-2-1-3-7-15/h1-9,16-17,20-21H,10-14H2/t16-,17+/m1/s1. The summed E-state index contributed by atoms with van der Waals surface area (Å²) in [4.78, 5) is 0. The van der Waals surface area contributed by atoms with Crippen LogP contribution < -0.4 is 10.1 Å². The molecule has 3 rings (SSSR count). The van der Waals surface area contributed by atoms with Crippen molar-refractivity contribution in [3.05, 3.63) is 60.2 Å². The maximum Gasteiger partial charge on any atom is 0.142 e. The molecule has 23 heavy (non-hydrogen) atoms. The van der Waals surface area contributed by atoms with E-state index in [1.54, 1.807) is 0 Å². The van der Waals surface area contributed by atoms with Crippen LogP contribution in [-0.2, 0) is 11.3 Å². The minimum Gasteiger partial charge on any atom is -0.487 e. The Bertz CT molecular complexity index is 595. The van der Waals surface area contributed by atoms with Crippen molar-refractivity contribution >= 4 is 5.69 Å². The molecule has 0 spiro atoms. The minimum atomic E-state index is -0.0161. The zero-order valence-electron chi connectivity index (χ0n) is 13.2. The SMILES string of the molecule is OC[C@@H]1CC[C@@H](Nc2ccccc2OCc2ccccc2)CO1. The maximum absolute atomic E-state index is 9.12. The lowest BCUT2D eigenvalue weighted by Gasteiger charge is -2.29. The lowest BCUT2D eigenvalue weighted by atomic mass is 10.1. The number of nitrogens with one attached hydrogen (secondary N) is 1. The summed E-state index contributed by atoms with van der Waals surface area (Å²) in [5.41, 5.74) is 2.13. The molecular formula is C19H23NO3. The van der Waals surface area contributed by atoms with E-state index in [0.29, 0.717) is 13.2 Å². The van der Waals surface area contributed by atoms with Gasteiger partial charge in [0.25, 0.3) is 0 Å². The van der Waals surface area contributed by atoms with Crippen LogP contribution in [0.4, 0.5) is 5.69 Å². The molecule has 0 aliphatic carbocycles. The maximum atomic E-state index is 9.12. The first kappa shape index (κ1) is 15.8. The van der Waals surface area contributed by atoms with Crippen LogP contribution >= 0.6 is 0 Å². The summed E-state index contributed by atoms with van der Waals surface area (Å²) in [6, 6.07) is 18.4. The number of ether oxygens (including phenoxy) is 2. The fourth-order valence-corrected chi connectivity index (χ4v) is 2.73. The summed E-state index contributed by atoms with van der Waals surface area (Å²) in [5, 5.41) is 12.6. The van der Waals surface area contributed by atoms with E-state index in [9.17, 15) is 0 Å². The molecule has 0 saturated carbocycles. The Kier molecular flexibility index (Phi) is 5.51. The van der Waals surface area contributed by atoms with Crippen molar-refractivity contribution < 1.29 is 14.6 Å². The number of hydrogen-bond donors (Lipinski definition) is 2. The Labute approximate surface area is 137 Å². The van der Waals surface area contributed by atoms with Crippen LogP contribution in [0.5, 0.6) is 5.75 Å². The fourth-order valence-electron chi connectivity index (χ4n) is 2.73. The summed E-state index contributed by atoms with van der Waals surface area (Å²) >= 11 is 0. The van der Waals surface area contributed by atoms with Gasteiger partial charge in [-0.1, -0.05) is 42.5 Å². The minimum absolute atomic E-state index is 0.0161. The summed E-state index contributed by atoms with van der Waals surface area (Å²) in [6.45, 7) is 1.26. The van der Waals surface area contributed by atoms with Crippen molar-refractivity contribution in [2.75, 3.05) is 18.5 Å². The molecule has 4 nitrogen and oxygen atoms in total. The Balaban J connectivity index is 1.59. The predicted octanol–water partition coefficient (Wildman–Crippen LogP) is 3.22. The highest BCUT2D eigenvalue weighted by atomic mass is 16.5. The molecule has 0 amide bonds. The number of rotatable bonds is 6. The van der Waals surface area contributed by atoms with Crippen LogP contribution in [0.15, 0.2) is 54.6 Å². The van der Waals surface area contributed by atoms with Crippen molar-refractivity contribution in [1.82, 2.24) is 0 Å². The van der Waals surface area contributed by atoms with E-state index in [0.717, 1.165) is 29.8 Å². The van der Waals surface area contributed by atoms with Crippen LogP contribution in [0.25, 0.3) is 0 Å². The predicted molar refractivity (Wildman–Crippen MR) is 90.7 cm³/mol. The van der Waals surface area contributed by atoms with E-state index >= 15 is 0 Å². The monoisotopic (exact) mass is 313 g/mol. The normalized spacial score (nSPS) is 20.9. The lowest BCUT2D eigenvalue weighted by molar-refractivity contribution is -0.0223. The molecule has 2 aromatic rings. The Morgan fingerprint density at radius 2 is 1.83 bits per heavy atom. The van der Waals surface area contributed by atoms with Gasteiger partial charge in [0.15, 0.2) is 0 Å². The van der Waals surface area contributed by atoms with Crippen LogP contribution in [-0.4, -0.2) is 30.5 Å². The van der Waals surface area contributed by atoms with Gasteiger partial charge in [0.1, 0.15) is 12.4 Å². The van der Waals surface area contributed by atoms with Crippen molar-refractivity contribution in [1.29, 1.82) is 0 Å². The van der Waals surface area contributed by atoms with Gasteiger partial charge in [-0.2, -0.15) is 0 Å². The second-order valence-electron chi connectivity index (χ2n) is 5.83. The molecule has 0 radical (unpaired) electrons. The number of hydrogen-bond acceptors (Lipinski definition) is 4. The number of para-hydroxylation sites is 2. The Morgan fingerprint density at radius 3 is 2.57 bits per heavy atom. The summed E-state index contributed by atoms with van der Waals surface area (Å²) < 4.78 is 11.6. The van der Waals surface area contributed by atoms with E-state index in [-0.39, 0.29) is 18.8 Å². The zero-order valence-corrected chi connectivity index (χ0v) is 13.2. The average Bonchev–Trinajstić information content (AvgIpc) is 2.62. The number of benzene rings is 2. The van der Waals surface area contributed by atoms with Gasteiger partial charge in [-0.15, -0.1) is 0 Å². The third kappa shape index (κ3) is 4.47. The fraction of sp³-hybridized carbons (Fsp3) is 0.368. The molecule has 122 valence electrons. The lowest BCUT2D eigenvalue weighted by Crippen LogP contribution is -2.36. The second kappa shape index (κ2) is 7.99. The smallest absolute Gasteiger partial charge is 0.142 e. The van der Waals surface area contributed by atoms with Gasteiger partial charge in [0.05, 0.1) is 25.0 Å². The zero-order chi connectivity index (χ0) is 15.9. The molecule has 1 fully saturated rings. The van der Waals surface area contributed by atoms with Crippen LogP contribution in [0.3, 0.4) is 0 Å². The van der Waals surface area contributed by atoms with Gasteiger partial charge in [-0.05, 0) is 30.5 Å². The van der Waals surface area contributed by atoms with Crippen molar-refractivity contribution in [3.63, 3.8) is 0 Å². The average molecular weight is 313 g/mol. The topological polar surface area (TPSA) is 50.7 Å². The molecule has 0 unspecified atom stereocenters. The van der Waals surface area contributed by atoms with E-state index in [2.05, 4.69) is 17.4 Å². The van der Waals surface area contributed by atoms with E-state index in [4.69, 9.17) is 14.6 Å². The van der Waals surface area contributed by atoms with Crippen molar-refractivity contribution in [3.8, 4) is 5.75 Å². The van der Waals surface area contributed by atoms with Gasteiger partial charge in [0, 0.05) is 6.04 Å². The van der Waals surface area contributed by atoms with Gasteiger partial charge in [-0.3, -0.25) is 0 Å². The Hall–Kier alpha value is -2.04. The molecule has 0 bridgehead atoms. The third-order valence-corrected chi connectivity index (χ3v) is 4.06. The third-order valence-electron chi connectivity index (χ3n) is 4.06. The quantitative estimate of drug-likeness (QED) is 0.860. The molecule has 2 N–H and O–H groups in total. The molecule has 1 heterocycles. The van der Waals surface area contributed by atoms with Gasteiger partial charge in [0.2, 0.25) is 0 Å². The van der Waals surface area contributed by atoms with Crippen molar-refractivity contribution in [2.45, 2.75) is 31.6 Å². The van der Waals surface area contributed by atoms with E-state index in [1.807, 2.05) is 42.5 Å². The highest BCUT2D eigenvalue weighted by molar-refractivity contribution is 5.56. The summed E-state index contributed by atoms with van der Waals surface area (Å²) in [7, 11) is 0. The van der Waals surface area contributed by atoms with Crippen LogP contribution in [0.1, 0.15) is 18.4 Å². The summed E-state index contributed by atoms with van der Waals surface area (Å²) in [6.07, 6.45) is 1.84. The van der Waals surface area contributed by atoms with Gasteiger partial charge >= 0.3 is 0 Å². The molecule has 4 heteroatoms. The molecular weight excluding hydrogens is 290 g/mol. The molecule has 2 atom stereocenters. The first-order chi connectivity index (χ1) is 11.3. The van der Waals surface area contributed by atoms with Gasteiger partial charge in [-0.25, -0.2) is 0 Å². The van der Waals surface area contributed by atoms with Gasteiger partial charge < -0.3 is 19.9 Å². The first-order valence-electron chi connectivity index (χ1n) is 8.10. The van der Waals surface area contributed by atoms with Crippen LogP contribution in [0.2, 0.25) is 0 Å². The van der Waals surface area contributed by atoms with Crippen molar-refractivity contribution in [2.24, 2.45) is 0 Å². The molecule has 1 aliphatic heterocycles. The number of aliphatic hydroxyl groups is 1. The number of anilines is 1. The Morgan fingerprint density at radius 1 is 1.04 bits per heavy atom. The highest BCUT2D eigenvalue weighted by Crippen LogP contribution is 2.27. The summed E-state index contributed by atoms with van der Waals surface area (Å²) in [5.74, 6) is 0.848. The first-order valence-corrected chi connectivity index (χ1v) is 8.10. The molecule has 2 aromatic carbocycles. The van der Waals surface area contributed by atoms with E-state index in [1.165, 1.54) is 0 Å². The second-order valence-corrected chi connectivity index (χ2v) is 5.83.